The van der Waals surface area contributed by atoms with Gasteiger partial charge in [0.1, 0.15) is 5.82 Å². The summed E-state index contributed by atoms with van der Waals surface area (Å²) in [5, 5.41) is 16.7. The molecule has 0 aromatic carbocycles. The quantitative estimate of drug-likeness (QED) is 0.642. The molecule has 0 spiro atoms. The van der Waals surface area contributed by atoms with Crippen molar-refractivity contribution in [2.75, 3.05) is 17.6 Å². The van der Waals surface area contributed by atoms with E-state index in [0.29, 0.717) is 12.4 Å². The van der Waals surface area contributed by atoms with E-state index in [1.165, 1.54) is 6.07 Å². The van der Waals surface area contributed by atoms with E-state index in [1.54, 1.807) is 23.6 Å². The summed E-state index contributed by atoms with van der Waals surface area (Å²) in [6.07, 6.45) is 1.76. The summed E-state index contributed by atoms with van der Waals surface area (Å²) in [4.78, 5) is 18.2. The Morgan fingerprint density at radius 3 is 2.95 bits per heavy atom. The molecule has 2 heterocycles. The van der Waals surface area contributed by atoms with Gasteiger partial charge in [-0.2, -0.15) is 0 Å². The highest BCUT2D eigenvalue weighted by Crippen LogP contribution is 2.22. The maximum Gasteiger partial charge on any atom is 0.311 e. The number of rotatable bonds is 5. The summed E-state index contributed by atoms with van der Waals surface area (Å²) in [6, 6.07) is 2.89. The van der Waals surface area contributed by atoms with Gasteiger partial charge in [-0.1, -0.05) is 6.92 Å². The van der Waals surface area contributed by atoms with Crippen molar-refractivity contribution in [3.05, 3.63) is 38.8 Å². The number of anilines is 2. The van der Waals surface area contributed by atoms with E-state index in [9.17, 15) is 10.1 Å². The first kappa shape index (κ1) is 13.2. The number of nitrogen functional groups attached to an aromatic ring is 1. The highest BCUT2D eigenvalue weighted by Gasteiger charge is 2.13. The summed E-state index contributed by atoms with van der Waals surface area (Å²) < 4.78 is 0. The fourth-order valence-corrected chi connectivity index (χ4v) is 2.24. The molecule has 100 valence electrons. The van der Waals surface area contributed by atoms with Crippen molar-refractivity contribution in [2.24, 2.45) is 0 Å². The molecule has 19 heavy (non-hydrogen) atoms. The first-order valence-electron chi connectivity index (χ1n) is 5.62. The summed E-state index contributed by atoms with van der Waals surface area (Å²) in [6.45, 7) is 2.68. The molecule has 2 aromatic rings. The molecule has 1 unspecified atom stereocenters. The van der Waals surface area contributed by atoms with Gasteiger partial charge in [0.2, 0.25) is 5.82 Å². The molecule has 3 N–H and O–H groups in total. The van der Waals surface area contributed by atoms with Crippen LogP contribution in [0.2, 0.25) is 0 Å². The topological polar surface area (TPSA) is 107 Å². The zero-order valence-corrected chi connectivity index (χ0v) is 11.1. The third kappa shape index (κ3) is 3.16. The van der Waals surface area contributed by atoms with Gasteiger partial charge in [0, 0.05) is 30.1 Å². The monoisotopic (exact) mass is 279 g/mol. The molecule has 0 amide bonds. The lowest BCUT2D eigenvalue weighted by Gasteiger charge is -2.10. The number of nitrogens with two attached hydrogens (primary N) is 1. The lowest BCUT2D eigenvalue weighted by Crippen LogP contribution is -2.11. The van der Waals surface area contributed by atoms with Gasteiger partial charge in [-0.3, -0.25) is 10.1 Å². The van der Waals surface area contributed by atoms with E-state index in [2.05, 4.69) is 15.3 Å². The molecule has 0 aliphatic rings. The highest BCUT2D eigenvalue weighted by atomic mass is 32.1. The average Bonchev–Trinajstić information content (AvgIpc) is 2.89. The fraction of sp³-hybridized carbons (Fsp3) is 0.273. The van der Waals surface area contributed by atoms with Crippen LogP contribution in [0, 0.1) is 10.1 Å². The molecule has 0 aliphatic heterocycles. The van der Waals surface area contributed by atoms with E-state index in [-0.39, 0.29) is 17.4 Å². The number of aromatic nitrogens is 2. The van der Waals surface area contributed by atoms with Crippen LogP contribution in [0.25, 0.3) is 0 Å². The molecule has 7 nitrogen and oxygen atoms in total. The van der Waals surface area contributed by atoms with Crippen LogP contribution in [0.3, 0.4) is 0 Å². The molecule has 0 saturated carbocycles. The van der Waals surface area contributed by atoms with Crippen molar-refractivity contribution in [1.29, 1.82) is 0 Å². The van der Waals surface area contributed by atoms with Crippen LogP contribution < -0.4 is 11.1 Å². The number of nitro groups is 1. The summed E-state index contributed by atoms with van der Waals surface area (Å²) in [7, 11) is 0. The molecule has 0 fully saturated rings. The minimum Gasteiger partial charge on any atom is -0.378 e. The molecule has 2 rings (SSSR count). The van der Waals surface area contributed by atoms with E-state index >= 15 is 0 Å². The van der Waals surface area contributed by atoms with Crippen LogP contribution in [0.5, 0.6) is 0 Å². The Kier molecular flexibility index (Phi) is 3.91. The van der Waals surface area contributed by atoms with Crippen LogP contribution in [-0.4, -0.2) is 21.4 Å². The predicted octanol–water partition coefficient (Wildman–Crippen LogP) is 2.24. The van der Waals surface area contributed by atoms with Crippen molar-refractivity contribution in [2.45, 2.75) is 12.8 Å². The molecular formula is C11H13N5O2S. The molecule has 0 aliphatic carbocycles. The van der Waals surface area contributed by atoms with E-state index < -0.39 is 4.92 Å². The second-order valence-electron chi connectivity index (χ2n) is 4.01. The Morgan fingerprint density at radius 2 is 2.37 bits per heavy atom. The first-order valence-corrected chi connectivity index (χ1v) is 6.50. The van der Waals surface area contributed by atoms with Crippen LogP contribution in [0.1, 0.15) is 17.8 Å². The zero-order valence-electron chi connectivity index (χ0n) is 10.2. The summed E-state index contributed by atoms with van der Waals surface area (Å²) >= 11 is 1.59. The summed E-state index contributed by atoms with van der Waals surface area (Å²) in [5.41, 5.74) is 5.34. The first-order chi connectivity index (χ1) is 9.08. The Hall–Kier alpha value is -2.22. The maximum atomic E-state index is 10.6. The minimum absolute atomic E-state index is 0.0862. The normalized spacial score (nSPS) is 12.1. The third-order valence-electron chi connectivity index (χ3n) is 2.56. The largest absolute Gasteiger partial charge is 0.378 e. The van der Waals surface area contributed by atoms with Gasteiger partial charge in [-0.05, 0) is 6.07 Å². The van der Waals surface area contributed by atoms with E-state index in [4.69, 9.17) is 5.73 Å². The minimum atomic E-state index is -0.551. The number of hydrogen-bond acceptors (Lipinski definition) is 7. The number of nitrogens with zero attached hydrogens (tertiary/aromatic N) is 3. The van der Waals surface area contributed by atoms with Crippen molar-refractivity contribution in [3.63, 3.8) is 0 Å². The van der Waals surface area contributed by atoms with Crippen molar-refractivity contribution in [3.8, 4) is 0 Å². The number of pyridine rings is 1. The molecule has 0 bridgehead atoms. The van der Waals surface area contributed by atoms with Crippen LogP contribution in [0.4, 0.5) is 17.3 Å². The van der Waals surface area contributed by atoms with Gasteiger partial charge in [-0.25, -0.2) is 9.97 Å². The van der Waals surface area contributed by atoms with Gasteiger partial charge in [-0.15, -0.1) is 11.3 Å². The zero-order chi connectivity index (χ0) is 13.8. The van der Waals surface area contributed by atoms with Gasteiger partial charge >= 0.3 is 5.69 Å². The van der Waals surface area contributed by atoms with Crippen molar-refractivity contribution >= 4 is 28.7 Å². The smallest absolute Gasteiger partial charge is 0.311 e. The molecule has 1 atom stereocenters. The Labute approximate surface area is 113 Å². The lowest BCUT2D eigenvalue weighted by molar-refractivity contribution is -0.384. The standard InChI is InChI=1S/C11H13N5O2S/c1-7(11-13-4-5-19-11)6-14-9-3-2-8(16(17)18)10(12)15-9/h2-5,7H,6H2,1H3,(H3,12,14,15). The Balaban J connectivity index is 2.00. The number of nitrogens with one attached hydrogen (secondary N) is 1. The van der Waals surface area contributed by atoms with Gasteiger partial charge in [0.15, 0.2) is 0 Å². The second kappa shape index (κ2) is 5.61. The van der Waals surface area contributed by atoms with Gasteiger partial charge < -0.3 is 11.1 Å². The molecule has 0 saturated heterocycles. The Bertz CT molecular complexity index is 572. The van der Waals surface area contributed by atoms with E-state index in [0.717, 1.165) is 5.01 Å². The maximum absolute atomic E-state index is 10.6. The number of hydrogen-bond donors (Lipinski definition) is 2. The molecule has 0 radical (unpaired) electrons. The lowest BCUT2D eigenvalue weighted by atomic mass is 10.2. The van der Waals surface area contributed by atoms with Crippen molar-refractivity contribution in [1.82, 2.24) is 9.97 Å². The number of thiazole rings is 1. The molecular weight excluding hydrogens is 266 g/mol. The van der Waals surface area contributed by atoms with Gasteiger partial charge in [0.25, 0.3) is 0 Å². The van der Waals surface area contributed by atoms with Crippen molar-refractivity contribution < 1.29 is 4.92 Å². The third-order valence-corrected chi connectivity index (χ3v) is 3.57. The average molecular weight is 279 g/mol. The van der Waals surface area contributed by atoms with Crippen LogP contribution >= 0.6 is 11.3 Å². The molecule has 2 aromatic heterocycles. The highest BCUT2D eigenvalue weighted by molar-refractivity contribution is 7.09. The van der Waals surface area contributed by atoms with Gasteiger partial charge in [0.05, 0.1) is 9.93 Å². The van der Waals surface area contributed by atoms with Crippen LogP contribution in [-0.2, 0) is 0 Å². The second-order valence-corrected chi connectivity index (χ2v) is 4.94. The predicted molar refractivity (Wildman–Crippen MR) is 74.3 cm³/mol. The fourth-order valence-electron chi connectivity index (χ4n) is 1.54. The molecule has 8 heteroatoms. The van der Waals surface area contributed by atoms with E-state index in [1.807, 2.05) is 12.3 Å². The Morgan fingerprint density at radius 1 is 1.58 bits per heavy atom. The SMILES string of the molecule is CC(CNc1ccc([N+](=O)[O-])c(N)n1)c1nccs1. The summed E-state index contributed by atoms with van der Waals surface area (Å²) in [5.74, 6) is 0.668. The van der Waals surface area contributed by atoms with Crippen LogP contribution in [0.15, 0.2) is 23.7 Å².